The Kier molecular flexibility index (Phi) is 9.07. The van der Waals surface area contributed by atoms with Crippen LogP contribution in [0.25, 0.3) is 0 Å². The van der Waals surface area contributed by atoms with E-state index in [1.807, 2.05) is 17.0 Å². The predicted octanol–water partition coefficient (Wildman–Crippen LogP) is 5.13. The molecule has 9 heteroatoms. The Morgan fingerprint density at radius 3 is 2.67 bits per heavy atom. The molecule has 3 aliphatic heterocycles. The summed E-state index contributed by atoms with van der Waals surface area (Å²) in [7, 11) is 1.74. The molecule has 0 amide bonds. The van der Waals surface area contributed by atoms with Gasteiger partial charge in [-0.05, 0) is 66.9 Å². The maximum Gasteiger partial charge on any atom is 0.160 e. The number of ether oxygens (including phenoxy) is 4. The minimum atomic E-state index is -0.831. The summed E-state index contributed by atoms with van der Waals surface area (Å²) in [6.45, 7) is 6.84. The summed E-state index contributed by atoms with van der Waals surface area (Å²) in [4.78, 5) is 4.35. The second-order valence-corrected chi connectivity index (χ2v) is 11.2. The molecule has 0 saturated carbocycles. The maximum absolute atomic E-state index is 13.6. The first-order valence-corrected chi connectivity index (χ1v) is 14.9. The number of hydrogen-bond acceptors (Lipinski definition) is 7. The molecule has 2 atom stereocenters. The molecule has 7 nitrogen and oxygen atoms in total. The van der Waals surface area contributed by atoms with Crippen molar-refractivity contribution in [2.45, 2.75) is 37.6 Å². The SMILES string of the molecule is COCCCN1CCOc2ccc(CO[C@H]3CNCC[C@@H]3c3ccc(OC4CN(c5ccc(F)c(F)c5)C4)cc3)cc21. The van der Waals surface area contributed by atoms with E-state index in [2.05, 4.69) is 40.5 Å². The van der Waals surface area contributed by atoms with Gasteiger partial charge in [0, 0.05) is 44.5 Å². The van der Waals surface area contributed by atoms with Crippen LogP contribution in [-0.2, 0) is 16.1 Å². The van der Waals surface area contributed by atoms with Crippen LogP contribution in [0.2, 0.25) is 0 Å². The quantitative estimate of drug-likeness (QED) is 0.316. The van der Waals surface area contributed by atoms with Gasteiger partial charge in [0.25, 0.3) is 0 Å². The highest BCUT2D eigenvalue weighted by Crippen LogP contribution is 2.34. The first-order chi connectivity index (χ1) is 20.6. The second-order valence-electron chi connectivity index (χ2n) is 11.2. The molecule has 1 N–H and O–H groups in total. The van der Waals surface area contributed by atoms with Crippen LogP contribution in [0.4, 0.5) is 20.2 Å². The van der Waals surface area contributed by atoms with Crippen LogP contribution < -0.4 is 24.6 Å². The highest BCUT2D eigenvalue weighted by Gasteiger charge is 2.30. The molecule has 0 aliphatic carbocycles. The van der Waals surface area contributed by atoms with Gasteiger partial charge in [0.15, 0.2) is 11.6 Å². The average Bonchev–Trinajstić information content (AvgIpc) is 3.00. The fourth-order valence-corrected chi connectivity index (χ4v) is 6.02. The molecule has 42 heavy (non-hydrogen) atoms. The van der Waals surface area contributed by atoms with E-state index in [0.29, 0.717) is 37.9 Å². The number of piperidine rings is 1. The lowest BCUT2D eigenvalue weighted by atomic mass is 9.87. The van der Waals surface area contributed by atoms with Gasteiger partial charge >= 0.3 is 0 Å². The summed E-state index contributed by atoms with van der Waals surface area (Å²) in [5.74, 6) is 0.375. The van der Waals surface area contributed by atoms with Gasteiger partial charge in [-0.2, -0.15) is 0 Å². The van der Waals surface area contributed by atoms with E-state index in [1.54, 1.807) is 13.2 Å². The zero-order valence-corrected chi connectivity index (χ0v) is 24.1. The number of nitrogens with zero attached hydrogens (tertiary/aromatic N) is 2. The first-order valence-electron chi connectivity index (χ1n) is 14.9. The van der Waals surface area contributed by atoms with E-state index in [4.69, 9.17) is 18.9 Å². The van der Waals surface area contributed by atoms with Crippen molar-refractivity contribution < 1.29 is 27.7 Å². The summed E-state index contributed by atoms with van der Waals surface area (Å²) in [5.41, 5.74) is 4.19. The first kappa shape index (κ1) is 28.7. The van der Waals surface area contributed by atoms with Crippen molar-refractivity contribution in [3.63, 3.8) is 0 Å². The third kappa shape index (κ3) is 6.64. The van der Waals surface area contributed by atoms with Crippen LogP contribution in [0.3, 0.4) is 0 Å². The number of halogens is 2. The molecule has 0 radical (unpaired) electrons. The number of anilines is 2. The molecule has 3 heterocycles. The van der Waals surface area contributed by atoms with Gasteiger partial charge in [0.05, 0.1) is 38.0 Å². The molecule has 0 unspecified atom stereocenters. The molecule has 3 aliphatic rings. The second kappa shape index (κ2) is 13.3. The molecule has 2 fully saturated rings. The molecule has 0 bridgehead atoms. The third-order valence-electron chi connectivity index (χ3n) is 8.38. The zero-order valence-electron chi connectivity index (χ0n) is 24.1. The van der Waals surface area contributed by atoms with E-state index in [1.165, 1.54) is 11.6 Å². The summed E-state index contributed by atoms with van der Waals surface area (Å²) < 4.78 is 50.6. The van der Waals surface area contributed by atoms with Gasteiger partial charge in [-0.25, -0.2) is 8.78 Å². The Morgan fingerprint density at radius 1 is 1.00 bits per heavy atom. The number of rotatable bonds is 11. The molecule has 6 rings (SSSR count). The third-order valence-corrected chi connectivity index (χ3v) is 8.38. The summed E-state index contributed by atoms with van der Waals surface area (Å²) >= 11 is 0. The van der Waals surface area contributed by atoms with Crippen molar-refractivity contribution >= 4 is 11.4 Å². The lowest BCUT2D eigenvalue weighted by molar-refractivity contribution is 0.0106. The molecule has 0 spiro atoms. The van der Waals surface area contributed by atoms with Crippen molar-refractivity contribution in [3.05, 3.63) is 83.4 Å². The van der Waals surface area contributed by atoms with Crippen LogP contribution in [0, 0.1) is 11.6 Å². The van der Waals surface area contributed by atoms with Crippen molar-refractivity contribution in [2.24, 2.45) is 0 Å². The Labute approximate surface area is 246 Å². The lowest BCUT2D eigenvalue weighted by Crippen LogP contribution is -2.54. The number of nitrogens with one attached hydrogen (secondary N) is 1. The Balaban J connectivity index is 1.03. The molecule has 0 aromatic heterocycles. The summed E-state index contributed by atoms with van der Waals surface area (Å²) in [5, 5.41) is 3.49. The molecule has 3 aromatic rings. The van der Waals surface area contributed by atoms with Crippen molar-refractivity contribution in [2.75, 3.05) is 69.4 Å². The minimum absolute atomic E-state index is 0.0110. The summed E-state index contributed by atoms with van der Waals surface area (Å²) in [6.07, 6.45) is 2.05. The van der Waals surface area contributed by atoms with Crippen LogP contribution >= 0.6 is 0 Å². The topological polar surface area (TPSA) is 55.4 Å². The van der Waals surface area contributed by atoms with Gasteiger partial charge in [-0.1, -0.05) is 18.2 Å². The molecule has 224 valence electrons. The predicted molar refractivity (Wildman–Crippen MR) is 159 cm³/mol. The van der Waals surface area contributed by atoms with E-state index >= 15 is 0 Å². The number of methoxy groups -OCH3 is 1. The van der Waals surface area contributed by atoms with Gasteiger partial charge < -0.3 is 34.1 Å². The fourth-order valence-electron chi connectivity index (χ4n) is 6.02. The minimum Gasteiger partial charge on any atom is -0.490 e. The molecular formula is C33H39F2N3O4. The largest absolute Gasteiger partial charge is 0.490 e. The average molecular weight is 580 g/mol. The Morgan fingerprint density at radius 2 is 1.86 bits per heavy atom. The van der Waals surface area contributed by atoms with Crippen molar-refractivity contribution in [1.82, 2.24) is 5.32 Å². The highest BCUT2D eigenvalue weighted by molar-refractivity contribution is 5.61. The lowest BCUT2D eigenvalue weighted by Gasteiger charge is -2.40. The van der Waals surface area contributed by atoms with Crippen molar-refractivity contribution in [1.29, 1.82) is 0 Å². The number of fused-ring (bicyclic) bond motifs is 1. The Bertz CT molecular complexity index is 1340. The number of benzene rings is 3. The van der Waals surface area contributed by atoms with E-state index in [9.17, 15) is 8.78 Å². The summed E-state index contributed by atoms with van der Waals surface area (Å²) in [6, 6.07) is 18.7. The van der Waals surface area contributed by atoms with Gasteiger partial charge in [-0.3, -0.25) is 0 Å². The van der Waals surface area contributed by atoms with Gasteiger partial charge in [0.1, 0.15) is 24.2 Å². The van der Waals surface area contributed by atoms with Crippen LogP contribution in [0.5, 0.6) is 11.5 Å². The van der Waals surface area contributed by atoms with E-state index in [-0.39, 0.29) is 12.2 Å². The fraction of sp³-hybridized carbons (Fsp3) is 0.455. The van der Waals surface area contributed by atoms with Crippen LogP contribution in [-0.4, -0.2) is 71.8 Å². The van der Waals surface area contributed by atoms with Crippen LogP contribution in [0.15, 0.2) is 60.7 Å². The standard InChI is InChI=1S/C33H39F2N3O4/c1-39-15-2-13-37-14-16-40-32-10-3-23(17-31(32)37)22-41-33-19-36-12-11-28(33)24-4-7-26(8-5-24)42-27-20-38(21-27)25-6-9-29(34)30(35)18-25/h3-10,17-18,27-28,33,36H,2,11-16,19-22H2,1H3/t28-,33+/m1/s1. The smallest absolute Gasteiger partial charge is 0.160 e. The zero-order chi connectivity index (χ0) is 28.9. The monoisotopic (exact) mass is 579 g/mol. The van der Waals surface area contributed by atoms with Gasteiger partial charge in [-0.15, -0.1) is 0 Å². The van der Waals surface area contributed by atoms with Crippen molar-refractivity contribution in [3.8, 4) is 11.5 Å². The maximum atomic E-state index is 13.6. The van der Waals surface area contributed by atoms with E-state index < -0.39 is 11.6 Å². The molecular weight excluding hydrogens is 540 g/mol. The van der Waals surface area contributed by atoms with Gasteiger partial charge in [0.2, 0.25) is 0 Å². The highest BCUT2D eigenvalue weighted by atomic mass is 19.2. The molecule has 3 aromatic carbocycles. The van der Waals surface area contributed by atoms with E-state index in [0.717, 1.165) is 74.4 Å². The molecule has 2 saturated heterocycles. The van der Waals surface area contributed by atoms with Crippen LogP contribution in [0.1, 0.15) is 29.9 Å². The normalized spacial score (nSPS) is 20.5. The number of hydrogen-bond donors (Lipinski definition) is 1. The Hall–Kier alpha value is -3.40.